The molecule has 0 bridgehead atoms. The Bertz CT molecular complexity index is 654. The van der Waals surface area contributed by atoms with Crippen molar-refractivity contribution >= 4 is 23.2 Å². The zero-order valence-electron chi connectivity index (χ0n) is 13.7. The molecule has 2 rings (SSSR count). The maximum atomic E-state index is 12.0. The molecule has 5 heteroatoms. The molecule has 0 spiro atoms. The lowest BCUT2D eigenvalue weighted by atomic mass is 10.1. The summed E-state index contributed by atoms with van der Waals surface area (Å²) >= 11 is 0. The largest absolute Gasteiger partial charge is 0.375 e. The summed E-state index contributed by atoms with van der Waals surface area (Å²) in [7, 11) is 1.47. The standard InChI is InChI=1S/C19H22N2O3/c1-24-14-19(23)21-17-12-10-16(11-13-17)20-18(22)9-5-8-15-6-3-2-4-7-15/h2-4,6-7,10-13H,5,8-9,14H2,1H3,(H,20,22)(H,21,23). The van der Waals surface area contributed by atoms with Gasteiger partial charge >= 0.3 is 0 Å². The Kier molecular flexibility index (Phi) is 6.98. The molecule has 0 saturated heterocycles. The van der Waals surface area contributed by atoms with Gasteiger partial charge in [0, 0.05) is 24.9 Å². The van der Waals surface area contributed by atoms with Crippen LogP contribution in [0.3, 0.4) is 0 Å². The third kappa shape index (κ3) is 6.22. The van der Waals surface area contributed by atoms with Crippen molar-refractivity contribution in [2.45, 2.75) is 19.3 Å². The highest BCUT2D eigenvalue weighted by molar-refractivity contribution is 5.93. The maximum absolute atomic E-state index is 12.0. The van der Waals surface area contributed by atoms with Gasteiger partial charge in [0.15, 0.2) is 0 Å². The second kappa shape index (κ2) is 9.47. The van der Waals surface area contributed by atoms with Gasteiger partial charge in [-0.2, -0.15) is 0 Å². The molecule has 24 heavy (non-hydrogen) atoms. The molecular weight excluding hydrogens is 304 g/mol. The van der Waals surface area contributed by atoms with E-state index < -0.39 is 0 Å². The predicted molar refractivity (Wildman–Crippen MR) is 95.0 cm³/mol. The summed E-state index contributed by atoms with van der Waals surface area (Å²) in [6.07, 6.45) is 2.17. The van der Waals surface area contributed by atoms with Gasteiger partial charge in [0.2, 0.25) is 11.8 Å². The van der Waals surface area contributed by atoms with Crippen LogP contribution < -0.4 is 10.6 Å². The summed E-state index contributed by atoms with van der Waals surface area (Å²) in [6.45, 7) is 0.0138. The molecule has 2 N–H and O–H groups in total. The predicted octanol–water partition coefficient (Wildman–Crippen LogP) is 3.23. The number of carbonyl (C=O) groups excluding carboxylic acids is 2. The first-order valence-electron chi connectivity index (χ1n) is 7.90. The summed E-state index contributed by atoms with van der Waals surface area (Å²) in [5, 5.41) is 5.56. The highest BCUT2D eigenvalue weighted by atomic mass is 16.5. The number of nitrogens with one attached hydrogen (secondary N) is 2. The molecule has 0 aromatic heterocycles. The number of hydrogen-bond acceptors (Lipinski definition) is 3. The fraction of sp³-hybridized carbons (Fsp3) is 0.263. The van der Waals surface area contributed by atoms with E-state index in [9.17, 15) is 9.59 Å². The van der Waals surface area contributed by atoms with Crippen LogP contribution in [0.1, 0.15) is 18.4 Å². The zero-order valence-corrected chi connectivity index (χ0v) is 13.7. The van der Waals surface area contributed by atoms with E-state index >= 15 is 0 Å². The van der Waals surface area contributed by atoms with Gasteiger partial charge in [-0.25, -0.2) is 0 Å². The Morgan fingerprint density at radius 1 is 0.875 bits per heavy atom. The van der Waals surface area contributed by atoms with Crippen molar-refractivity contribution in [1.82, 2.24) is 0 Å². The summed E-state index contributed by atoms with van der Waals surface area (Å²) in [6, 6.07) is 17.1. The van der Waals surface area contributed by atoms with Gasteiger partial charge in [0.25, 0.3) is 0 Å². The zero-order chi connectivity index (χ0) is 17.2. The number of methoxy groups -OCH3 is 1. The molecular formula is C19H22N2O3. The molecule has 2 aromatic carbocycles. The summed E-state index contributed by atoms with van der Waals surface area (Å²) in [5.74, 6) is -0.225. The Morgan fingerprint density at radius 2 is 1.46 bits per heavy atom. The first-order chi connectivity index (χ1) is 11.7. The number of ether oxygens (including phenoxy) is 1. The lowest BCUT2D eigenvalue weighted by Gasteiger charge is -2.08. The van der Waals surface area contributed by atoms with E-state index in [2.05, 4.69) is 22.8 Å². The van der Waals surface area contributed by atoms with Gasteiger partial charge < -0.3 is 15.4 Å². The van der Waals surface area contributed by atoms with Gasteiger partial charge in [0.1, 0.15) is 6.61 Å². The van der Waals surface area contributed by atoms with Crippen LogP contribution in [0, 0.1) is 0 Å². The molecule has 0 aliphatic heterocycles. The molecule has 2 amide bonds. The van der Waals surface area contributed by atoms with Crippen LogP contribution in [-0.2, 0) is 20.7 Å². The lowest BCUT2D eigenvalue weighted by molar-refractivity contribution is -0.119. The minimum atomic E-state index is -0.213. The molecule has 2 aromatic rings. The average molecular weight is 326 g/mol. The van der Waals surface area contributed by atoms with Gasteiger partial charge in [-0.05, 0) is 42.7 Å². The first-order valence-corrected chi connectivity index (χ1v) is 7.90. The molecule has 5 nitrogen and oxygen atoms in total. The molecule has 0 unspecified atom stereocenters. The first kappa shape index (κ1) is 17.7. The minimum Gasteiger partial charge on any atom is -0.375 e. The van der Waals surface area contributed by atoms with Crippen molar-refractivity contribution in [3.63, 3.8) is 0 Å². The van der Waals surface area contributed by atoms with Crippen molar-refractivity contribution in [3.05, 3.63) is 60.2 Å². The smallest absolute Gasteiger partial charge is 0.250 e. The molecule has 0 atom stereocenters. The highest BCUT2D eigenvalue weighted by Gasteiger charge is 2.04. The van der Waals surface area contributed by atoms with Crippen molar-refractivity contribution in [2.75, 3.05) is 24.4 Å². The van der Waals surface area contributed by atoms with Crippen LogP contribution in [-0.4, -0.2) is 25.5 Å². The maximum Gasteiger partial charge on any atom is 0.250 e. The number of amides is 2. The number of rotatable bonds is 8. The minimum absolute atomic E-state index is 0.0119. The van der Waals surface area contributed by atoms with Gasteiger partial charge in [0.05, 0.1) is 0 Å². The summed E-state index contributed by atoms with van der Waals surface area (Å²) in [5.41, 5.74) is 2.62. The van der Waals surface area contributed by atoms with Crippen LogP contribution in [0.2, 0.25) is 0 Å². The van der Waals surface area contributed by atoms with E-state index in [0.717, 1.165) is 12.8 Å². The van der Waals surface area contributed by atoms with E-state index in [-0.39, 0.29) is 18.4 Å². The fourth-order valence-corrected chi connectivity index (χ4v) is 2.29. The van der Waals surface area contributed by atoms with Crippen LogP contribution in [0.5, 0.6) is 0 Å². The van der Waals surface area contributed by atoms with Crippen molar-refractivity contribution in [1.29, 1.82) is 0 Å². The third-order valence-electron chi connectivity index (χ3n) is 3.44. The van der Waals surface area contributed by atoms with Crippen molar-refractivity contribution < 1.29 is 14.3 Å². The van der Waals surface area contributed by atoms with Crippen LogP contribution in [0.25, 0.3) is 0 Å². The molecule has 0 fully saturated rings. The van der Waals surface area contributed by atoms with Crippen LogP contribution in [0.4, 0.5) is 11.4 Å². The Balaban J connectivity index is 1.74. The van der Waals surface area contributed by atoms with Crippen LogP contribution >= 0.6 is 0 Å². The van der Waals surface area contributed by atoms with E-state index in [1.807, 2.05) is 18.2 Å². The Labute approximate surface area is 142 Å². The monoisotopic (exact) mass is 326 g/mol. The topological polar surface area (TPSA) is 67.4 Å². The Morgan fingerprint density at radius 3 is 2.04 bits per heavy atom. The Hall–Kier alpha value is -2.66. The second-order valence-corrected chi connectivity index (χ2v) is 5.45. The molecule has 0 saturated carbocycles. The van der Waals surface area contributed by atoms with Crippen molar-refractivity contribution in [2.24, 2.45) is 0 Å². The van der Waals surface area contributed by atoms with E-state index in [4.69, 9.17) is 4.74 Å². The van der Waals surface area contributed by atoms with Crippen molar-refractivity contribution in [3.8, 4) is 0 Å². The van der Waals surface area contributed by atoms with Crippen LogP contribution in [0.15, 0.2) is 54.6 Å². The van der Waals surface area contributed by atoms with E-state index in [1.165, 1.54) is 12.7 Å². The molecule has 0 aliphatic rings. The van der Waals surface area contributed by atoms with Gasteiger partial charge in [-0.3, -0.25) is 9.59 Å². The SMILES string of the molecule is COCC(=O)Nc1ccc(NC(=O)CCCc2ccccc2)cc1. The number of hydrogen-bond donors (Lipinski definition) is 2. The third-order valence-corrected chi connectivity index (χ3v) is 3.44. The molecule has 0 radical (unpaired) electrons. The number of benzene rings is 2. The molecule has 0 heterocycles. The number of aryl methyl sites for hydroxylation is 1. The lowest BCUT2D eigenvalue weighted by Crippen LogP contribution is -2.17. The van der Waals surface area contributed by atoms with Gasteiger partial charge in [-0.15, -0.1) is 0 Å². The summed E-state index contributed by atoms with van der Waals surface area (Å²) in [4.78, 5) is 23.4. The average Bonchev–Trinajstić information content (AvgIpc) is 2.58. The number of anilines is 2. The van der Waals surface area contributed by atoms with E-state index in [0.29, 0.717) is 17.8 Å². The number of carbonyl (C=O) groups is 2. The van der Waals surface area contributed by atoms with E-state index in [1.54, 1.807) is 24.3 Å². The van der Waals surface area contributed by atoms with Gasteiger partial charge in [-0.1, -0.05) is 30.3 Å². The molecule has 126 valence electrons. The summed E-state index contributed by atoms with van der Waals surface area (Å²) < 4.78 is 4.75. The second-order valence-electron chi connectivity index (χ2n) is 5.45. The highest BCUT2D eigenvalue weighted by Crippen LogP contribution is 2.14. The quantitative estimate of drug-likeness (QED) is 0.782. The normalized spacial score (nSPS) is 10.2. The fourth-order valence-electron chi connectivity index (χ4n) is 2.29. The molecule has 0 aliphatic carbocycles.